The first-order valence-electron chi connectivity index (χ1n) is 5.49. The van der Waals surface area contributed by atoms with Gasteiger partial charge in [0.25, 0.3) is 0 Å². The number of rotatable bonds is 1. The molecule has 0 radical (unpaired) electrons. The zero-order valence-electron chi connectivity index (χ0n) is 9.29. The highest BCUT2D eigenvalue weighted by Gasteiger charge is 2.17. The van der Waals surface area contributed by atoms with Crippen molar-refractivity contribution in [3.63, 3.8) is 0 Å². The molecule has 16 heavy (non-hydrogen) atoms. The van der Waals surface area contributed by atoms with Crippen molar-refractivity contribution >= 4 is 27.6 Å². The van der Waals surface area contributed by atoms with Crippen LogP contribution >= 0.6 is 15.9 Å². The molecule has 1 aliphatic heterocycles. The smallest absolute Gasteiger partial charge is 0.321 e. The zero-order chi connectivity index (χ0) is 11.5. The summed E-state index contributed by atoms with van der Waals surface area (Å²) in [6.07, 6.45) is 2.24. The van der Waals surface area contributed by atoms with Gasteiger partial charge in [0.15, 0.2) is 0 Å². The van der Waals surface area contributed by atoms with Crippen LogP contribution in [0.5, 0.6) is 0 Å². The van der Waals surface area contributed by atoms with Gasteiger partial charge >= 0.3 is 6.03 Å². The number of nitrogens with zero attached hydrogens (tertiary/aromatic N) is 1. The summed E-state index contributed by atoms with van der Waals surface area (Å²) in [5.74, 6) is 0. The molecule has 0 aromatic heterocycles. The summed E-state index contributed by atoms with van der Waals surface area (Å²) in [4.78, 5) is 13.7. The number of carbonyl (C=O) groups is 1. The highest BCUT2D eigenvalue weighted by molar-refractivity contribution is 9.10. The average molecular weight is 283 g/mol. The standard InChI is InChI=1S/C12H15BrN2O/c1-9-8-10(4-5-11(9)13)14-12(16)15-6-2-3-7-15/h4-5,8H,2-3,6-7H2,1H3,(H,14,16). The fourth-order valence-corrected chi connectivity index (χ4v) is 2.09. The maximum absolute atomic E-state index is 11.8. The van der Waals surface area contributed by atoms with Gasteiger partial charge in [-0.3, -0.25) is 0 Å². The Morgan fingerprint density at radius 1 is 1.38 bits per heavy atom. The zero-order valence-corrected chi connectivity index (χ0v) is 10.9. The lowest BCUT2D eigenvalue weighted by Crippen LogP contribution is -2.32. The molecule has 0 saturated carbocycles. The number of aryl methyl sites for hydroxylation is 1. The van der Waals surface area contributed by atoms with E-state index in [2.05, 4.69) is 21.2 Å². The average Bonchev–Trinajstić information content (AvgIpc) is 2.77. The minimum absolute atomic E-state index is 0.0132. The van der Waals surface area contributed by atoms with E-state index in [4.69, 9.17) is 0 Å². The molecule has 0 spiro atoms. The molecule has 1 saturated heterocycles. The van der Waals surface area contributed by atoms with Crippen molar-refractivity contribution in [1.82, 2.24) is 4.90 Å². The Bertz CT molecular complexity index is 400. The van der Waals surface area contributed by atoms with Crippen LogP contribution in [0, 0.1) is 6.92 Å². The lowest BCUT2D eigenvalue weighted by Gasteiger charge is -2.16. The molecule has 1 aromatic carbocycles. The monoisotopic (exact) mass is 282 g/mol. The van der Waals surface area contributed by atoms with Gasteiger partial charge in [-0.1, -0.05) is 15.9 Å². The number of anilines is 1. The van der Waals surface area contributed by atoms with Crippen molar-refractivity contribution in [2.45, 2.75) is 19.8 Å². The summed E-state index contributed by atoms with van der Waals surface area (Å²) in [7, 11) is 0. The molecule has 2 rings (SSSR count). The third-order valence-electron chi connectivity index (χ3n) is 2.80. The lowest BCUT2D eigenvalue weighted by molar-refractivity contribution is 0.222. The van der Waals surface area contributed by atoms with Crippen LogP contribution in [0.1, 0.15) is 18.4 Å². The Balaban J connectivity index is 2.02. The van der Waals surface area contributed by atoms with Crippen molar-refractivity contribution in [3.05, 3.63) is 28.2 Å². The predicted molar refractivity (Wildman–Crippen MR) is 68.7 cm³/mol. The Labute approximate surface area is 104 Å². The molecular formula is C12H15BrN2O. The number of likely N-dealkylation sites (tertiary alicyclic amines) is 1. The molecule has 1 N–H and O–H groups in total. The number of carbonyl (C=O) groups excluding carboxylic acids is 1. The van der Waals surface area contributed by atoms with Crippen LogP contribution in [-0.2, 0) is 0 Å². The summed E-state index contributed by atoms with van der Waals surface area (Å²) in [5, 5.41) is 2.92. The van der Waals surface area contributed by atoms with Gasteiger partial charge in [0, 0.05) is 23.2 Å². The van der Waals surface area contributed by atoms with Gasteiger partial charge in [0.2, 0.25) is 0 Å². The van der Waals surface area contributed by atoms with E-state index in [1.165, 1.54) is 0 Å². The van der Waals surface area contributed by atoms with Gasteiger partial charge in [0.1, 0.15) is 0 Å². The summed E-state index contributed by atoms with van der Waals surface area (Å²) in [5.41, 5.74) is 1.98. The molecule has 86 valence electrons. The van der Waals surface area contributed by atoms with Gasteiger partial charge in [-0.25, -0.2) is 4.79 Å². The molecule has 2 amide bonds. The third-order valence-corrected chi connectivity index (χ3v) is 3.69. The first-order chi connectivity index (χ1) is 7.66. The quantitative estimate of drug-likeness (QED) is 0.842. The van der Waals surface area contributed by atoms with Crippen LogP contribution in [0.2, 0.25) is 0 Å². The van der Waals surface area contributed by atoms with Gasteiger partial charge < -0.3 is 10.2 Å². The normalized spacial score (nSPS) is 15.2. The van der Waals surface area contributed by atoms with Crippen LogP contribution in [-0.4, -0.2) is 24.0 Å². The molecule has 0 bridgehead atoms. The number of nitrogens with one attached hydrogen (secondary N) is 1. The van der Waals surface area contributed by atoms with Crippen molar-refractivity contribution in [1.29, 1.82) is 0 Å². The van der Waals surface area contributed by atoms with Crippen molar-refractivity contribution < 1.29 is 4.79 Å². The number of hydrogen-bond acceptors (Lipinski definition) is 1. The fraction of sp³-hybridized carbons (Fsp3) is 0.417. The predicted octanol–water partition coefficient (Wildman–Crippen LogP) is 3.39. The molecule has 0 aliphatic carbocycles. The van der Waals surface area contributed by atoms with E-state index in [-0.39, 0.29) is 6.03 Å². The Kier molecular flexibility index (Phi) is 3.49. The minimum atomic E-state index is 0.0132. The summed E-state index contributed by atoms with van der Waals surface area (Å²) >= 11 is 3.44. The number of amides is 2. The van der Waals surface area contributed by atoms with E-state index in [1.807, 2.05) is 30.0 Å². The van der Waals surface area contributed by atoms with E-state index >= 15 is 0 Å². The second-order valence-electron chi connectivity index (χ2n) is 4.09. The summed E-state index contributed by atoms with van der Waals surface area (Å²) < 4.78 is 1.06. The van der Waals surface area contributed by atoms with Crippen LogP contribution in [0.15, 0.2) is 22.7 Å². The number of benzene rings is 1. The van der Waals surface area contributed by atoms with E-state index in [0.29, 0.717) is 0 Å². The minimum Gasteiger partial charge on any atom is -0.325 e. The largest absolute Gasteiger partial charge is 0.325 e. The van der Waals surface area contributed by atoms with Crippen LogP contribution in [0.3, 0.4) is 0 Å². The molecule has 1 aliphatic rings. The highest BCUT2D eigenvalue weighted by Crippen LogP contribution is 2.20. The van der Waals surface area contributed by atoms with Crippen LogP contribution < -0.4 is 5.32 Å². The van der Waals surface area contributed by atoms with Crippen molar-refractivity contribution in [3.8, 4) is 0 Å². The van der Waals surface area contributed by atoms with Gasteiger partial charge in [-0.15, -0.1) is 0 Å². The van der Waals surface area contributed by atoms with Gasteiger partial charge in [0.05, 0.1) is 0 Å². The lowest BCUT2D eigenvalue weighted by atomic mass is 10.2. The van der Waals surface area contributed by atoms with Crippen molar-refractivity contribution in [2.24, 2.45) is 0 Å². The van der Waals surface area contributed by atoms with Crippen molar-refractivity contribution in [2.75, 3.05) is 18.4 Å². The second-order valence-corrected chi connectivity index (χ2v) is 4.94. The fourth-order valence-electron chi connectivity index (χ4n) is 1.85. The Morgan fingerprint density at radius 3 is 2.69 bits per heavy atom. The van der Waals surface area contributed by atoms with E-state index in [1.54, 1.807) is 0 Å². The highest BCUT2D eigenvalue weighted by atomic mass is 79.9. The second kappa shape index (κ2) is 4.87. The maximum Gasteiger partial charge on any atom is 0.321 e. The Morgan fingerprint density at radius 2 is 2.06 bits per heavy atom. The number of hydrogen-bond donors (Lipinski definition) is 1. The molecule has 0 atom stereocenters. The molecule has 4 heteroatoms. The number of urea groups is 1. The van der Waals surface area contributed by atoms with Crippen LogP contribution in [0.25, 0.3) is 0 Å². The first-order valence-corrected chi connectivity index (χ1v) is 6.28. The summed E-state index contributed by atoms with van der Waals surface area (Å²) in [6, 6.07) is 5.84. The first kappa shape index (κ1) is 11.5. The van der Waals surface area contributed by atoms with E-state index in [9.17, 15) is 4.79 Å². The number of halogens is 1. The SMILES string of the molecule is Cc1cc(NC(=O)N2CCCC2)ccc1Br. The van der Waals surface area contributed by atoms with E-state index in [0.717, 1.165) is 41.7 Å². The molecule has 1 fully saturated rings. The molecule has 0 unspecified atom stereocenters. The molecule has 3 nitrogen and oxygen atoms in total. The molecular weight excluding hydrogens is 268 g/mol. The maximum atomic E-state index is 11.8. The third kappa shape index (κ3) is 2.55. The van der Waals surface area contributed by atoms with Gasteiger partial charge in [-0.2, -0.15) is 0 Å². The topological polar surface area (TPSA) is 32.3 Å². The van der Waals surface area contributed by atoms with Crippen LogP contribution in [0.4, 0.5) is 10.5 Å². The Hall–Kier alpha value is -1.03. The van der Waals surface area contributed by atoms with E-state index < -0.39 is 0 Å². The molecule has 1 heterocycles. The summed E-state index contributed by atoms with van der Waals surface area (Å²) in [6.45, 7) is 3.76. The van der Waals surface area contributed by atoms with Gasteiger partial charge in [-0.05, 0) is 43.5 Å². The molecule has 1 aromatic rings.